The summed E-state index contributed by atoms with van der Waals surface area (Å²) in [6.07, 6.45) is 0. The first-order valence-corrected chi connectivity index (χ1v) is 5.79. The van der Waals surface area contributed by atoms with Gasteiger partial charge in [0, 0.05) is 0 Å². The number of hydrogen-bond acceptors (Lipinski definition) is 4. The Morgan fingerprint density at radius 3 is 1.47 bits per heavy atom. The zero-order chi connectivity index (χ0) is 13.3. The van der Waals surface area contributed by atoms with Crippen LogP contribution in [0.2, 0.25) is 0 Å². The van der Waals surface area contributed by atoms with Gasteiger partial charge in [0.2, 0.25) is 11.8 Å². The maximum absolute atomic E-state index is 5.71. The molecule has 4 nitrogen and oxygen atoms in total. The van der Waals surface area contributed by atoms with Crippen molar-refractivity contribution in [1.82, 2.24) is 9.97 Å². The molecular weight excluding hydrogens is 216 g/mol. The van der Waals surface area contributed by atoms with Crippen molar-refractivity contribution in [3.8, 4) is 11.8 Å². The summed E-state index contributed by atoms with van der Waals surface area (Å²) in [5.74, 6) is 1.74. The van der Waals surface area contributed by atoms with Crippen molar-refractivity contribution in [2.24, 2.45) is 0 Å². The zero-order valence-corrected chi connectivity index (χ0v) is 11.8. The highest BCUT2D eigenvalue weighted by Crippen LogP contribution is 2.22. The maximum atomic E-state index is 5.71. The number of aryl methyl sites for hydroxylation is 1. The SMILES string of the molecule is Cc1nc(OC(C)(C)C)cc(OC(C)(C)C)n1. The Hall–Kier alpha value is -1.32. The van der Waals surface area contributed by atoms with Gasteiger partial charge in [-0.3, -0.25) is 0 Å². The molecule has 0 aromatic carbocycles. The minimum Gasteiger partial charge on any atom is -0.472 e. The third-order valence-corrected chi connectivity index (χ3v) is 1.61. The summed E-state index contributed by atoms with van der Waals surface area (Å²) in [6, 6.07) is 1.73. The molecule has 0 unspecified atom stereocenters. The lowest BCUT2D eigenvalue weighted by molar-refractivity contribution is 0.111. The van der Waals surface area contributed by atoms with E-state index < -0.39 is 0 Å². The Kier molecular flexibility index (Phi) is 3.65. The summed E-state index contributed by atoms with van der Waals surface area (Å²) in [5, 5.41) is 0. The van der Waals surface area contributed by atoms with E-state index >= 15 is 0 Å². The van der Waals surface area contributed by atoms with Gasteiger partial charge in [0.05, 0.1) is 6.07 Å². The van der Waals surface area contributed by atoms with E-state index in [4.69, 9.17) is 9.47 Å². The molecule has 0 bridgehead atoms. The Morgan fingerprint density at radius 2 is 1.18 bits per heavy atom. The molecule has 96 valence electrons. The summed E-state index contributed by atoms with van der Waals surface area (Å²) >= 11 is 0. The molecule has 17 heavy (non-hydrogen) atoms. The van der Waals surface area contributed by atoms with Crippen LogP contribution in [-0.4, -0.2) is 21.2 Å². The third-order valence-electron chi connectivity index (χ3n) is 1.61. The van der Waals surface area contributed by atoms with Crippen molar-refractivity contribution in [2.45, 2.75) is 59.7 Å². The molecule has 1 rings (SSSR count). The number of rotatable bonds is 2. The number of ether oxygens (including phenoxy) is 2. The fourth-order valence-corrected chi connectivity index (χ4v) is 1.25. The zero-order valence-electron chi connectivity index (χ0n) is 11.8. The molecule has 0 fully saturated rings. The Morgan fingerprint density at radius 1 is 0.824 bits per heavy atom. The van der Waals surface area contributed by atoms with Crippen molar-refractivity contribution in [3.05, 3.63) is 11.9 Å². The van der Waals surface area contributed by atoms with Gasteiger partial charge in [-0.2, -0.15) is 9.97 Å². The second-order valence-corrected chi connectivity index (χ2v) is 6.02. The lowest BCUT2D eigenvalue weighted by Gasteiger charge is -2.23. The van der Waals surface area contributed by atoms with E-state index in [0.29, 0.717) is 17.6 Å². The Bertz CT molecular complexity index is 355. The summed E-state index contributed by atoms with van der Waals surface area (Å²) in [4.78, 5) is 8.47. The van der Waals surface area contributed by atoms with Gasteiger partial charge in [-0.25, -0.2) is 0 Å². The van der Waals surface area contributed by atoms with Gasteiger partial charge in [0.25, 0.3) is 0 Å². The van der Waals surface area contributed by atoms with Crippen molar-refractivity contribution >= 4 is 0 Å². The average molecular weight is 238 g/mol. The minimum absolute atomic E-state index is 0.278. The van der Waals surface area contributed by atoms with Crippen molar-refractivity contribution in [1.29, 1.82) is 0 Å². The summed E-state index contributed by atoms with van der Waals surface area (Å²) in [7, 11) is 0. The molecule has 0 N–H and O–H groups in total. The van der Waals surface area contributed by atoms with Gasteiger partial charge >= 0.3 is 0 Å². The molecule has 0 spiro atoms. The molecule has 0 saturated heterocycles. The van der Waals surface area contributed by atoms with E-state index in [2.05, 4.69) is 9.97 Å². The molecular formula is C13H22N2O2. The van der Waals surface area contributed by atoms with Gasteiger partial charge in [0.1, 0.15) is 17.0 Å². The topological polar surface area (TPSA) is 44.2 Å². The molecule has 0 radical (unpaired) electrons. The average Bonchev–Trinajstić information content (AvgIpc) is 1.93. The van der Waals surface area contributed by atoms with Crippen LogP contribution in [0.1, 0.15) is 47.4 Å². The van der Waals surface area contributed by atoms with Gasteiger partial charge < -0.3 is 9.47 Å². The second kappa shape index (κ2) is 4.51. The molecule has 0 aliphatic heterocycles. The van der Waals surface area contributed by atoms with E-state index in [1.54, 1.807) is 6.07 Å². The fraction of sp³-hybridized carbons (Fsp3) is 0.692. The van der Waals surface area contributed by atoms with Crippen LogP contribution >= 0.6 is 0 Å². The highest BCUT2D eigenvalue weighted by molar-refractivity contribution is 5.21. The molecule has 0 aliphatic rings. The van der Waals surface area contributed by atoms with E-state index in [0.717, 1.165) is 0 Å². The van der Waals surface area contributed by atoms with E-state index in [1.165, 1.54) is 0 Å². The fourth-order valence-electron chi connectivity index (χ4n) is 1.25. The van der Waals surface area contributed by atoms with Gasteiger partial charge in [-0.05, 0) is 48.5 Å². The third kappa shape index (κ3) is 5.52. The van der Waals surface area contributed by atoms with E-state index in [9.17, 15) is 0 Å². The summed E-state index contributed by atoms with van der Waals surface area (Å²) in [6.45, 7) is 13.7. The summed E-state index contributed by atoms with van der Waals surface area (Å²) < 4.78 is 11.4. The molecule has 1 aromatic rings. The number of nitrogens with zero attached hydrogens (tertiary/aromatic N) is 2. The first-order valence-electron chi connectivity index (χ1n) is 5.79. The van der Waals surface area contributed by atoms with Crippen molar-refractivity contribution in [2.75, 3.05) is 0 Å². The van der Waals surface area contributed by atoms with Crippen LogP contribution < -0.4 is 9.47 Å². The van der Waals surface area contributed by atoms with E-state index in [-0.39, 0.29) is 11.2 Å². The highest BCUT2D eigenvalue weighted by Gasteiger charge is 2.17. The first kappa shape index (κ1) is 13.7. The van der Waals surface area contributed by atoms with Crippen LogP contribution in [0.15, 0.2) is 6.07 Å². The lowest BCUT2D eigenvalue weighted by Crippen LogP contribution is -2.25. The predicted molar refractivity (Wildman–Crippen MR) is 67.5 cm³/mol. The molecule has 0 saturated carbocycles. The largest absolute Gasteiger partial charge is 0.472 e. The van der Waals surface area contributed by atoms with Crippen LogP contribution in [0, 0.1) is 6.92 Å². The highest BCUT2D eigenvalue weighted by atomic mass is 16.5. The lowest BCUT2D eigenvalue weighted by atomic mass is 10.2. The number of aromatic nitrogens is 2. The van der Waals surface area contributed by atoms with Crippen molar-refractivity contribution in [3.63, 3.8) is 0 Å². The van der Waals surface area contributed by atoms with Crippen LogP contribution in [-0.2, 0) is 0 Å². The van der Waals surface area contributed by atoms with Crippen LogP contribution in [0.25, 0.3) is 0 Å². The quantitative estimate of drug-likeness (QED) is 0.794. The smallest absolute Gasteiger partial charge is 0.220 e. The van der Waals surface area contributed by atoms with Crippen molar-refractivity contribution < 1.29 is 9.47 Å². The monoisotopic (exact) mass is 238 g/mol. The van der Waals surface area contributed by atoms with Crippen LogP contribution in [0.3, 0.4) is 0 Å². The molecule has 1 aromatic heterocycles. The Labute approximate surface area is 103 Å². The standard InChI is InChI=1S/C13H22N2O2/c1-9-14-10(16-12(2,3)4)8-11(15-9)17-13(5,6)7/h8H,1-7H3. The second-order valence-electron chi connectivity index (χ2n) is 6.02. The minimum atomic E-state index is -0.278. The Balaban J connectivity index is 2.95. The van der Waals surface area contributed by atoms with Gasteiger partial charge in [0.15, 0.2) is 0 Å². The maximum Gasteiger partial charge on any atom is 0.220 e. The molecule has 4 heteroatoms. The van der Waals surface area contributed by atoms with E-state index in [1.807, 2.05) is 48.5 Å². The molecule has 1 heterocycles. The first-order chi connectivity index (χ1) is 7.55. The van der Waals surface area contributed by atoms with Gasteiger partial charge in [-0.15, -0.1) is 0 Å². The number of hydrogen-bond donors (Lipinski definition) is 0. The summed E-state index contributed by atoms with van der Waals surface area (Å²) in [5.41, 5.74) is -0.556. The molecule has 0 atom stereocenters. The predicted octanol–water partition coefficient (Wildman–Crippen LogP) is 3.14. The molecule has 0 amide bonds. The van der Waals surface area contributed by atoms with Crippen LogP contribution in [0.5, 0.6) is 11.8 Å². The van der Waals surface area contributed by atoms with Gasteiger partial charge in [-0.1, -0.05) is 0 Å². The normalized spacial score (nSPS) is 12.4. The van der Waals surface area contributed by atoms with Crippen LogP contribution in [0.4, 0.5) is 0 Å². The molecule has 0 aliphatic carbocycles.